The van der Waals surface area contributed by atoms with E-state index in [1.165, 1.54) is 0 Å². The van der Waals surface area contributed by atoms with E-state index >= 15 is 0 Å². The molecule has 3 nitrogen and oxygen atoms in total. The van der Waals surface area contributed by atoms with Gasteiger partial charge < -0.3 is 11.1 Å². The van der Waals surface area contributed by atoms with Crippen LogP contribution in [0.2, 0.25) is 0 Å². The quantitative estimate of drug-likeness (QED) is 0.643. The predicted octanol–water partition coefficient (Wildman–Crippen LogP) is 3.44. The van der Waals surface area contributed by atoms with E-state index in [9.17, 15) is 4.79 Å². The Labute approximate surface area is 126 Å². The fraction of sp³-hybridized carbons (Fsp3) is 0.133. The van der Waals surface area contributed by atoms with Gasteiger partial charge in [-0.05, 0) is 64.9 Å². The van der Waals surface area contributed by atoms with Crippen LogP contribution >= 0.6 is 22.6 Å². The molecule has 0 aliphatic rings. The molecule has 0 fully saturated rings. The molecule has 0 bridgehead atoms. The number of amides is 1. The van der Waals surface area contributed by atoms with Gasteiger partial charge in [-0.2, -0.15) is 0 Å². The van der Waals surface area contributed by atoms with E-state index < -0.39 is 0 Å². The first kappa shape index (κ1) is 13.9. The number of anilines is 2. The summed E-state index contributed by atoms with van der Waals surface area (Å²) in [6, 6.07) is 15.4. The molecule has 0 spiro atoms. The summed E-state index contributed by atoms with van der Waals surface area (Å²) in [5, 5.41) is 2.89. The molecule has 0 aromatic heterocycles. The average molecular weight is 366 g/mol. The van der Waals surface area contributed by atoms with Crippen LogP contribution in [-0.2, 0) is 11.2 Å². The summed E-state index contributed by atoms with van der Waals surface area (Å²) in [6.45, 7) is 0. The molecule has 2 rings (SSSR count). The molecule has 3 N–H and O–H groups in total. The summed E-state index contributed by atoms with van der Waals surface area (Å²) in [5.74, 6) is 0.0180. The molecule has 98 valence electrons. The Hall–Kier alpha value is -1.56. The maximum atomic E-state index is 11.8. The molecule has 0 saturated heterocycles. The third-order valence-corrected chi connectivity index (χ3v) is 3.37. The number of carbonyl (C=O) groups is 1. The van der Waals surface area contributed by atoms with Gasteiger partial charge in [0.2, 0.25) is 5.91 Å². The highest BCUT2D eigenvalue weighted by Crippen LogP contribution is 2.13. The average Bonchev–Trinajstić information content (AvgIpc) is 2.36. The molecule has 0 aliphatic heterocycles. The van der Waals surface area contributed by atoms with Crippen LogP contribution < -0.4 is 11.1 Å². The zero-order chi connectivity index (χ0) is 13.7. The topological polar surface area (TPSA) is 55.1 Å². The van der Waals surface area contributed by atoms with Crippen molar-refractivity contribution in [1.29, 1.82) is 0 Å². The van der Waals surface area contributed by atoms with Crippen molar-refractivity contribution >= 4 is 39.9 Å². The van der Waals surface area contributed by atoms with Crippen molar-refractivity contribution in [3.05, 3.63) is 57.7 Å². The third-order valence-electron chi connectivity index (χ3n) is 2.70. The van der Waals surface area contributed by atoms with Gasteiger partial charge in [0.05, 0.1) is 0 Å². The Morgan fingerprint density at radius 3 is 2.68 bits per heavy atom. The van der Waals surface area contributed by atoms with Crippen LogP contribution in [0.1, 0.15) is 12.0 Å². The molecule has 0 heterocycles. The van der Waals surface area contributed by atoms with Crippen molar-refractivity contribution in [2.24, 2.45) is 0 Å². The number of nitrogen functional groups attached to an aromatic ring is 1. The molecule has 4 heteroatoms. The number of hydrogen-bond acceptors (Lipinski definition) is 2. The number of halogens is 1. The number of aryl methyl sites for hydroxylation is 1. The van der Waals surface area contributed by atoms with Gasteiger partial charge in [-0.1, -0.05) is 18.2 Å². The lowest BCUT2D eigenvalue weighted by atomic mass is 10.1. The first-order valence-corrected chi connectivity index (χ1v) is 7.11. The van der Waals surface area contributed by atoms with E-state index in [0.29, 0.717) is 12.8 Å². The number of benzene rings is 2. The summed E-state index contributed by atoms with van der Waals surface area (Å²) >= 11 is 2.22. The van der Waals surface area contributed by atoms with Gasteiger partial charge in [0.25, 0.3) is 0 Å². The van der Waals surface area contributed by atoms with Crippen LogP contribution in [0.4, 0.5) is 11.4 Å². The Bertz CT molecular complexity index is 584. The maximum Gasteiger partial charge on any atom is 0.224 e. The molecule has 2 aromatic carbocycles. The minimum atomic E-state index is 0.0180. The highest BCUT2D eigenvalue weighted by atomic mass is 127. The molecule has 0 radical (unpaired) electrons. The molecular weight excluding hydrogens is 351 g/mol. The second kappa shape index (κ2) is 6.56. The van der Waals surface area contributed by atoms with Gasteiger partial charge in [-0.25, -0.2) is 0 Å². The van der Waals surface area contributed by atoms with Crippen LogP contribution in [0.15, 0.2) is 48.5 Å². The zero-order valence-corrected chi connectivity index (χ0v) is 12.6. The molecule has 0 atom stereocenters. The molecule has 2 aromatic rings. The minimum Gasteiger partial charge on any atom is -0.399 e. The van der Waals surface area contributed by atoms with E-state index in [1.54, 1.807) is 0 Å². The Kier molecular flexibility index (Phi) is 4.79. The van der Waals surface area contributed by atoms with Crippen molar-refractivity contribution in [2.75, 3.05) is 11.1 Å². The van der Waals surface area contributed by atoms with Crippen molar-refractivity contribution < 1.29 is 4.79 Å². The Balaban J connectivity index is 1.88. The largest absolute Gasteiger partial charge is 0.399 e. The fourth-order valence-corrected chi connectivity index (χ4v) is 2.34. The zero-order valence-electron chi connectivity index (χ0n) is 10.4. The maximum absolute atomic E-state index is 11.8. The van der Waals surface area contributed by atoms with E-state index in [1.807, 2.05) is 48.5 Å². The summed E-state index contributed by atoms with van der Waals surface area (Å²) in [4.78, 5) is 11.8. The van der Waals surface area contributed by atoms with E-state index in [2.05, 4.69) is 27.9 Å². The summed E-state index contributed by atoms with van der Waals surface area (Å²) in [7, 11) is 0. The smallest absolute Gasteiger partial charge is 0.224 e. The van der Waals surface area contributed by atoms with Gasteiger partial charge in [0.15, 0.2) is 0 Å². The normalized spacial score (nSPS) is 10.2. The van der Waals surface area contributed by atoms with Crippen molar-refractivity contribution in [3.8, 4) is 0 Å². The van der Waals surface area contributed by atoms with Gasteiger partial charge in [0.1, 0.15) is 0 Å². The lowest BCUT2D eigenvalue weighted by molar-refractivity contribution is -0.116. The second-order valence-corrected chi connectivity index (χ2v) is 5.55. The molecule has 1 amide bonds. The van der Waals surface area contributed by atoms with Crippen molar-refractivity contribution in [1.82, 2.24) is 0 Å². The van der Waals surface area contributed by atoms with Crippen molar-refractivity contribution in [3.63, 3.8) is 0 Å². The minimum absolute atomic E-state index is 0.0180. The van der Waals surface area contributed by atoms with Gasteiger partial charge in [-0.3, -0.25) is 4.79 Å². The number of hydrogen-bond donors (Lipinski definition) is 2. The molecule has 0 unspecified atom stereocenters. The predicted molar refractivity (Wildman–Crippen MR) is 87.0 cm³/mol. The number of rotatable bonds is 4. The Morgan fingerprint density at radius 2 is 1.95 bits per heavy atom. The van der Waals surface area contributed by atoms with Crippen LogP contribution in [0, 0.1) is 3.57 Å². The summed E-state index contributed by atoms with van der Waals surface area (Å²) in [5.41, 5.74) is 8.35. The van der Waals surface area contributed by atoms with Crippen LogP contribution in [0.3, 0.4) is 0 Å². The van der Waals surface area contributed by atoms with Crippen LogP contribution in [-0.4, -0.2) is 5.91 Å². The standard InChI is InChI=1S/C15H15IN2O/c16-12-4-2-6-14(10-12)18-15(19)8-7-11-3-1-5-13(17)9-11/h1-6,9-10H,7-8,17H2,(H,18,19). The van der Waals surface area contributed by atoms with E-state index in [-0.39, 0.29) is 5.91 Å². The van der Waals surface area contributed by atoms with E-state index in [4.69, 9.17) is 5.73 Å². The lowest BCUT2D eigenvalue weighted by Gasteiger charge is -2.06. The fourth-order valence-electron chi connectivity index (χ4n) is 1.80. The number of carbonyl (C=O) groups excluding carboxylic acids is 1. The lowest BCUT2D eigenvalue weighted by Crippen LogP contribution is -2.12. The van der Waals surface area contributed by atoms with E-state index in [0.717, 1.165) is 20.5 Å². The third kappa shape index (κ3) is 4.55. The first-order chi connectivity index (χ1) is 9.13. The second-order valence-electron chi connectivity index (χ2n) is 4.30. The summed E-state index contributed by atoms with van der Waals surface area (Å²) < 4.78 is 1.10. The van der Waals surface area contributed by atoms with Crippen LogP contribution in [0.25, 0.3) is 0 Å². The van der Waals surface area contributed by atoms with Gasteiger partial charge >= 0.3 is 0 Å². The molecular formula is C15H15IN2O. The molecule has 0 saturated carbocycles. The highest BCUT2D eigenvalue weighted by Gasteiger charge is 2.03. The van der Waals surface area contributed by atoms with Gasteiger partial charge in [0, 0.05) is 21.4 Å². The number of nitrogens with two attached hydrogens (primary N) is 1. The highest BCUT2D eigenvalue weighted by molar-refractivity contribution is 14.1. The molecule has 19 heavy (non-hydrogen) atoms. The first-order valence-electron chi connectivity index (χ1n) is 6.03. The monoisotopic (exact) mass is 366 g/mol. The van der Waals surface area contributed by atoms with Gasteiger partial charge in [-0.15, -0.1) is 0 Å². The SMILES string of the molecule is Nc1cccc(CCC(=O)Nc2cccc(I)c2)c1. The molecule has 0 aliphatic carbocycles. The Morgan fingerprint density at radius 1 is 1.16 bits per heavy atom. The number of nitrogens with one attached hydrogen (secondary N) is 1. The van der Waals surface area contributed by atoms with Crippen LogP contribution in [0.5, 0.6) is 0 Å². The summed E-state index contributed by atoms with van der Waals surface area (Å²) in [6.07, 6.45) is 1.15. The van der Waals surface area contributed by atoms with Crippen molar-refractivity contribution in [2.45, 2.75) is 12.8 Å².